The smallest absolute Gasteiger partial charge is 0.239 e. The van der Waals surface area contributed by atoms with Crippen LogP contribution in [0, 0.1) is 0 Å². The summed E-state index contributed by atoms with van der Waals surface area (Å²) in [5.74, 6) is 0.0173. The summed E-state index contributed by atoms with van der Waals surface area (Å²) < 4.78 is 0. The highest BCUT2D eigenvalue weighted by Crippen LogP contribution is 2.29. The zero-order chi connectivity index (χ0) is 15.0. The van der Waals surface area contributed by atoms with Gasteiger partial charge >= 0.3 is 0 Å². The number of benzene rings is 1. The van der Waals surface area contributed by atoms with Gasteiger partial charge < -0.3 is 15.5 Å². The fraction of sp³-hybridized carbons (Fsp3) is 0.533. The van der Waals surface area contributed by atoms with Crippen molar-refractivity contribution in [2.24, 2.45) is 0 Å². The molecule has 5 heteroatoms. The molecule has 0 unspecified atom stereocenters. The normalized spacial score (nSPS) is 10.4. The van der Waals surface area contributed by atoms with Crippen molar-refractivity contribution in [1.29, 1.82) is 0 Å². The van der Waals surface area contributed by atoms with Crippen LogP contribution in [0.15, 0.2) is 18.2 Å². The predicted molar refractivity (Wildman–Crippen MR) is 85.4 cm³/mol. The number of nitrogens with zero attached hydrogens (tertiary/aromatic N) is 1. The van der Waals surface area contributed by atoms with Crippen molar-refractivity contribution in [3.8, 4) is 0 Å². The monoisotopic (exact) mass is 297 g/mol. The number of halogens is 1. The van der Waals surface area contributed by atoms with E-state index < -0.39 is 0 Å². The van der Waals surface area contributed by atoms with E-state index >= 15 is 0 Å². The number of rotatable bonds is 8. The number of anilines is 1. The van der Waals surface area contributed by atoms with Gasteiger partial charge in [-0.25, -0.2) is 0 Å². The number of carbonyl (C=O) groups excluding carboxylic acids is 1. The van der Waals surface area contributed by atoms with Crippen molar-refractivity contribution >= 4 is 23.2 Å². The summed E-state index contributed by atoms with van der Waals surface area (Å²) in [6.07, 6.45) is 0.938. The molecule has 1 rings (SSSR count). The van der Waals surface area contributed by atoms with Gasteiger partial charge in [0.15, 0.2) is 0 Å². The molecule has 0 bridgehead atoms. The van der Waals surface area contributed by atoms with Crippen molar-refractivity contribution in [3.05, 3.63) is 28.8 Å². The zero-order valence-corrected chi connectivity index (χ0v) is 13.3. The van der Waals surface area contributed by atoms with Gasteiger partial charge in [0.2, 0.25) is 5.91 Å². The maximum atomic E-state index is 11.8. The van der Waals surface area contributed by atoms with Crippen LogP contribution in [-0.4, -0.2) is 32.6 Å². The van der Waals surface area contributed by atoms with Crippen LogP contribution in [0.2, 0.25) is 5.02 Å². The number of nitrogens with one attached hydrogen (secondary N) is 2. The molecule has 0 aliphatic heterocycles. The Hall–Kier alpha value is -1.26. The van der Waals surface area contributed by atoms with Crippen LogP contribution in [-0.2, 0) is 11.3 Å². The van der Waals surface area contributed by atoms with E-state index in [2.05, 4.69) is 17.6 Å². The maximum absolute atomic E-state index is 11.8. The summed E-state index contributed by atoms with van der Waals surface area (Å²) in [4.78, 5) is 13.7. The molecule has 112 valence electrons. The topological polar surface area (TPSA) is 44.4 Å². The van der Waals surface area contributed by atoms with Crippen molar-refractivity contribution in [2.75, 3.05) is 31.6 Å². The molecule has 1 aromatic carbocycles. The minimum Gasteiger partial charge on any atom is -0.364 e. The van der Waals surface area contributed by atoms with Crippen LogP contribution < -0.4 is 15.5 Å². The third kappa shape index (κ3) is 5.02. The summed E-state index contributed by atoms with van der Waals surface area (Å²) in [6.45, 7) is 6.75. The highest BCUT2D eigenvalue weighted by Gasteiger charge is 2.14. The third-order valence-corrected chi connectivity index (χ3v) is 3.28. The van der Waals surface area contributed by atoms with Gasteiger partial charge in [0.25, 0.3) is 0 Å². The lowest BCUT2D eigenvalue weighted by Crippen LogP contribution is -2.36. The lowest BCUT2D eigenvalue weighted by atomic mass is 10.1. The second kappa shape index (κ2) is 8.82. The first kappa shape index (κ1) is 16.8. The molecule has 1 amide bonds. The molecule has 0 heterocycles. The average molecular weight is 298 g/mol. The minimum atomic E-state index is 0.0173. The molecule has 0 saturated carbocycles. The van der Waals surface area contributed by atoms with E-state index in [4.69, 9.17) is 11.6 Å². The number of amides is 1. The molecule has 2 N–H and O–H groups in total. The number of likely N-dealkylation sites (N-methyl/N-ethyl adjacent to an activating group) is 1. The van der Waals surface area contributed by atoms with E-state index in [1.807, 2.05) is 37.1 Å². The van der Waals surface area contributed by atoms with Gasteiger partial charge in [-0.2, -0.15) is 0 Å². The number of carbonyl (C=O) groups is 1. The van der Waals surface area contributed by atoms with Gasteiger partial charge in [0.05, 0.1) is 17.3 Å². The number of hydrogen-bond donors (Lipinski definition) is 2. The minimum absolute atomic E-state index is 0.0173. The predicted octanol–water partition coefficient (Wildman–Crippen LogP) is 2.41. The lowest BCUT2D eigenvalue weighted by molar-refractivity contribution is -0.119. The summed E-state index contributed by atoms with van der Waals surface area (Å²) in [7, 11) is 1.89. The van der Waals surface area contributed by atoms with E-state index in [1.165, 1.54) is 0 Å². The molecule has 0 saturated heterocycles. The highest BCUT2D eigenvalue weighted by atomic mass is 35.5. The summed E-state index contributed by atoms with van der Waals surface area (Å²) in [5, 5.41) is 6.84. The fourth-order valence-corrected chi connectivity index (χ4v) is 2.34. The zero-order valence-electron chi connectivity index (χ0n) is 12.5. The molecule has 0 spiro atoms. The molecule has 1 aromatic rings. The average Bonchev–Trinajstić information content (AvgIpc) is 2.42. The number of hydrogen-bond acceptors (Lipinski definition) is 3. The molecule has 0 fully saturated rings. The van der Waals surface area contributed by atoms with E-state index in [-0.39, 0.29) is 5.91 Å². The first-order valence-corrected chi connectivity index (χ1v) is 7.43. The van der Waals surface area contributed by atoms with Crippen LogP contribution >= 0.6 is 11.6 Å². The van der Waals surface area contributed by atoms with E-state index in [9.17, 15) is 4.79 Å². The maximum Gasteiger partial charge on any atom is 0.239 e. The quantitative estimate of drug-likeness (QED) is 0.774. The Kier molecular flexibility index (Phi) is 7.41. The van der Waals surface area contributed by atoms with E-state index in [0.717, 1.165) is 30.8 Å². The lowest BCUT2D eigenvalue weighted by Gasteiger charge is -2.23. The van der Waals surface area contributed by atoms with Crippen LogP contribution in [0.25, 0.3) is 0 Å². The Morgan fingerprint density at radius 2 is 2.10 bits per heavy atom. The molecule has 20 heavy (non-hydrogen) atoms. The Morgan fingerprint density at radius 3 is 2.75 bits per heavy atom. The SMILES string of the molecule is CCCNC(=O)CN(C)c1c(Cl)cccc1CNCC. The largest absolute Gasteiger partial charge is 0.364 e. The molecule has 0 aliphatic carbocycles. The Morgan fingerprint density at radius 1 is 1.35 bits per heavy atom. The van der Waals surface area contributed by atoms with Gasteiger partial charge in [-0.1, -0.05) is 37.6 Å². The van der Waals surface area contributed by atoms with Crippen LogP contribution in [0.4, 0.5) is 5.69 Å². The molecule has 0 aromatic heterocycles. The molecule has 4 nitrogen and oxygen atoms in total. The van der Waals surface area contributed by atoms with Gasteiger partial charge in [0, 0.05) is 20.1 Å². The van der Waals surface area contributed by atoms with E-state index in [1.54, 1.807) is 0 Å². The Bertz CT molecular complexity index is 437. The summed E-state index contributed by atoms with van der Waals surface area (Å²) in [6, 6.07) is 5.82. The first-order valence-electron chi connectivity index (χ1n) is 7.06. The van der Waals surface area contributed by atoms with Gasteiger partial charge in [-0.05, 0) is 24.6 Å². The Labute approximate surface area is 126 Å². The van der Waals surface area contributed by atoms with Crippen molar-refractivity contribution in [3.63, 3.8) is 0 Å². The fourth-order valence-electron chi connectivity index (χ4n) is 2.00. The van der Waals surface area contributed by atoms with Crippen molar-refractivity contribution < 1.29 is 4.79 Å². The molecule has 0 radical (unpaired) electrons. The van der Waals surface area contributed by atoms with Crippen LogP contribution in [0.1, 0.15) is 25.8 Å². The molecular formula is C15H24ClN3O. The van der Waals surface area contributed by atoms with E-state index in [0.29, 0.717) is 18.1 Å². The van der Waals surface area contributed by atoms with Gasteiger partial charge in [0.1, 0.15) is 0 Å². The first-order chi connectivity index (χ1) is 9.60. The molecule has 0 aliphatic rings. The van der Waals surface area contributed by atoms with Crippen molar-refractivity contribution in [1.82, 2.24) is 10.6 Å². The molecular weight excluding hydrogens is 274 g/mol. The summed E-state index contributed by atoms with van der Waals surface area (Å²) in [5.41, 5.74) is 2.02. The summed E-state index contributed by atoms with van der Waals surface area (Å²) >= 11 is 6.29. The standard InChI is InChI=1S/C15H24ClN3O/c1-4-9-18-14(20)11-19(3)15-12(10-17-5-2)7-6-8-13(15)16/h6-8,17H,4-5,9-11H2,1-3H3,(H,18,20). The Balaban J connectivity index is 2.79. The third-order valence-electron chi connectivity index (χ3n) is 2.97. The van der Waals surface area contributed by atoms with Crippen LogP contribution in [0.5, 0.6) is 0 Å². The van der Waals surface area contributed by atoms with Crippen molar-refractivity contribution in [2.45, 2.75) is 26.8 Å². The van der Waals surface area contributed by atoms with Crippen LogP contribution in [0.3, 0.4) is 0 Å². The number of para-hydroxylation sites is 1. The second-order valence-electron chi connectivity index (χ2n) is 4.73. The van der Waals surface area contributed by atoms with Gasteiger partial charge in [-0.3, -0.25) is 4.79 Å². The second-order valence-corrected chi connectivity index (χ2v) is 5.14. The van der Waals surface area contributed by atoms with Gasteiger partial charge in [-0.15, -0.1) is 0 Å². The molecule has 0 atom stereocenters. The highest BCUT2D eigenvalue weighted by molar-refractivity contribution is 6.33.